The maximum atomic E-state index is 5.73. The van der Waals surface area contributed by atoms with Gasteiger partial charge in [-0.1, -0.05) is 13.8 Å². The van der Waals surface area contributed by atoms with E-state index in [2.05, 4.69) is 30.7 Å². The Morgan fingerprint density at radius 1 is 1.50 bits per heavy atom. The van der Waals surface area contributed by atoms with Gasteiger partial charge < -0.3 is 10.5 Å². The van der Waals surface area contributed by atoms with Crippen LogP contribution < -0.4 is 5.73 Å². The zero-order valence-corrected chi connectivity index (χ0v) is 9.72. The molecule has 0 aromatic carbocycles. The van der Waals surface area contributed by atoms with E-state index in [0.717, 1.165) is 13.0 Å². The van der Waals surface area contributed by atoms with Gasteiger partial charge in [-0.3, -0.25) is 0 Å². The Kier molecular flexibility index (Phi) is 5.15. The van der Waals surface area contributed by atoms with Gasteiger partial charge in [-0.2, -0.15) is 11.3 Å². The Balaban J connectivity index is 2.33. The predicted octanol–water partition coefficient (Wildman–Crippen LogP) is 2.81. The number of hydrogen-bond acceptors (Lipinski definition) is 3. The van der Waals surface area contributed by atoms with E-state index in [1.54, 1.807) is 11.3 Å². The van der Waals surface area contributed by atoms with Gasteiger partial charge in [0.25, 0.3) is 0 Å². The first-order chi connectivity index (χ1) is 6.74. The molecule has 80 valence electrons. The minimum Gasteiger partial charge on any atom is -0.372 e. The van der Waals surface area contributed by atoms with Crippen molar-refractivity contribution in [3.8, 4) is 0 Å². The molecule has 0 bridgehead atoms. The Labute approximate surface area is 90.1 Å². The van der Waals surface area contributed by atoms with Crippen molar-refractivity contribution in [2.75, 3.05) is 13.2 Å². The molecule has 0 radical (unpaired) electrons. The first kappa shape index (κ1) is 11.7. The minimum atomic E-state index is 0.0833. The lowest BCUT2D eigenvalue weighted by Gasteiger charge is -2.15. The molecule has 0 saturated carbocycles. The Bertz CT molecular complexity index is 233. The smallest absolute Gasteiger partial charge is 0.0955 e. The second-order valence-electron chi connectivity index (χ2n) is 3.83. The monoisotopic (exact) mass is 213 g/mol. The van der Waals surface area contributed by atoms with Crippen LogP contribution in [0, 0.1) is 5.92 Å². The van der Waals surface area contributed by atoms with E-state index >= 15 is 0 Å². The van der Waals surface area contributed by atoms with Gasteiger partial charge in [0, 0.05) is 13.2 Å². The number of hydrogen-bond donors (Lipinski definition) is 1. The van der Waals surface area contributed by atoms with Crippen molar-refractivity contribution < 1.29 is 4.74 Å². The van der Waals surface area contributed by atoms with Crippen molar-refractivity contribution in [1.29, 1.82) is 0 Å². The molecule has 14 heavy (non-hydrogen) atoms. The van der Waals surface area contributed by atoms with Gasteiger partial charge in [0.2, 0.25) is 0 Å². The number of thiophene rings is 1. The highest BCUT2D eigenvalue weighted by atomic mass is 32.1. The molecule has 0 amide bonds. The Morgan fingerprint density at radius 3 is 2.79 bits per heavy atom. The minimum absolute atomic E-state index is 0.0833. The SMILES string of the molecule is CC(C)CCOC(CN)c1ccsc1. The van der Waals surface area contributed by atoms with Crippen LogP contribution in [0.5, 0.6) is 0 Å². The van der Waals surface area contributed by atoms with Crippen molar-refractivity contribution in [3.05, 3.63) is 22.4 Å². The van der Waals surface area contributed by atoms with E-state index in [4.69, 9.17) is 10.5 Å². The summed E-state index contributed by atoms with van der Waals surface area (Å²) in [7, 11) is 0. The summed E-state index contributed by atoms with van der Waals surface area (Å²) in [6.45, 7) is 5.76. The summed E-state index contributed by atoms with van der Waals surface area (Å²) in [6, 6.07) is 2.08. The van der Waals surface area contributed by atoms with Crippen LogP contribution in [0.15, 0.2) is 16.8 Å². The molecule has 1 atom stereocenters. The van der Waals surface area contributed by atoms with Gasteiger partial charge in [0.05, 0.1) is 6.10 Å². The van der Waals surface area contributed by atoms with Crippen LogP contribution in [0.1, 0.15) is 31.9 Å². The van der Waals surface area contributed by atoms with Crippen LogP contribution in [0.2, 0.25) is 0 Å². The molecule has 0 saturated heterocycles. The molecule has 1 heterocycles. The highest BCUT2D eigenvalue weighted by Crippen LogP contribution is 2.19. The summed E-state index contributed by atoms with van der Waals surface area (Å²) < 4.78 is 5.73. The first-order valence-corrected chi connectivity index (χ1v) is 6.02. The van der Waals surface area contributed by atoms with Crippen LogP contribution in [0.4, 0.5) is 0 Å². The summed E-state index contributed by atoms with van der Waals surface area (Å²) >= 11 is 1.69. The largest absolute Gasteiger partial charge is 0.372 e. The third-order valence-electron chi connectivity index (χ3n) is 2.14. The van der Waals surface area contributed by atoms with E-state index in [0.29, 0.717) is 12.5 Å². The molecule has 0 aliphatic carbocycles. The number of nitrogens with two attached hydrogens (primary N) is 1. The predicted molar refractivity (Wildman–Crippen MR) is 61.5 cm³/mol. The van der Waals surface area contributed by atoms with Gasteiger partial charge in [-0.25, -0.2) is 0 Å². The third kappa shape index (κ3) is 3.78. The van der Waals surface area contributed by atoms with Gasteiger partial charge in [0.15, 0.2) is 0 Å². The van der Waals surface area contributed by atoms with Crippen molar-refractivity contribution >= 4 is 11.3 Å². The Hall–Kier alpha value is -0.380. The molecule has 0 aliphatic rings. The molecular weight excluding hydrogens is 194 g/mol. The lowest BCUT2D eigenvalue weighted by molar-refractivity contribution is 0.0518. The second kappa shape index (κ2) is 6.17. The molecule has 1 aromatic rings. The van der Waals surface area contributed by atoms with Gasteiger partial charge >= 0.3 is 0 Å². The molecule has 2 nitrogen and oxygen atoms in total. The van der Waals surface area contributed by atoms with Gasteiger partial charge in [-0.15, -0.1) is 0 Å². The summed E-state index contributed by atoms with van der Waals surface area (Å²) in [5.41, 5.74) is 6.87. The lowest BCUT2D eigenvalue weighted by Crippen LogP contribution is -2.16. The molecular formula is C11H19NOS. The molecule has 3 heteroatoms. The highest BCUT2D eigenvalue weighted by Gasteiger charge is 2.10. The zero-order valence-electron chi connectivity index (χ0n) is 8.90. The summed E-state index contributed by atoms with van der Waals surface area (Å²) in [5.74, 6) is 0.691. The van der Waals surface area contributed by atoms with Crippen molar-refractivity contribution in [3.63, 3.8) is 0 Å². The van der Waals surface area contributed by atoms with Crippen LogP contribution in [0.3, 0.4) is 0 Å². The maximum absolute atomic E-state index is 5.73. The fourth-order valence-corrected chi connectivity index (χ4v) is 1.91. The third-order valence-corrected chi connectivity index (χ3v) is 2.84. The normalized spacial score (nSPS) is 13.4. The van der Waals surface area contributed by atoms with Crippen LogP contribution in [-0.2, 0) is 4.74 Å². The van der Waals surface area contributed by atoms with Crippen LogP contribution >= 0.6 is 11.3 Å². The van der Waals surface area contributed by atoms with E-state index in [1.165, 1.54) is 5.56 Å². The fourth-order valence-electron chi connectivity index (χ4n) is 1.20. The highest BCUT2D eigenvalue weighted by molar-refractivity contribution is 7.07. The average molecular weight is 213 g/mol. The first-order valence-electron chi connectivity index (χ1n) is 5.07. The molecule has 1 aromatic heterocycles. The standard InChI is InChI=1S/C11H19NOS/c1-9(2)3-5-13-11(7-12)10-4-6-14-8-10/h4,6,8-9,11H,3,5,7,12H2,1-2H3. The van der Waals surface area contributed by atoms with E-state index < -0.39 is 0 Å². The van der Waals surface area contributed by atoms with Crippen molar-refractivity contribution in [1.82, 2.24) is 0 Å². The second-order valence-corrected chi connectivity index (χ2v) is 4.61. The molecule has 0 fully saturated rings. The molecule has 2 N–H and O–H groups in total. The molecule has 0 spiro atoms. The maximum Gasteiger partial charge on any atom is 0.0955 e. The van der Waals surface area contributed by atoms with Crippen molar-refractivity contribution in [2.45, 2.75) is 26.4 Å². The topological polar surface area (TPSA) is 35.2 Å². The Morgan fingerprint density at radius 2 is 2.29 bits per heavy atom. The molecule has 1 unspecified atom stereocenters. The quantitative estimate of drug-likeness (QED) is 0.788. The van der Waals surface area contributed by atoms with Crippen LogP contribution in [-0.4, -0.2) is 13.2 Å². The van der Waals surface area contributed by atoms with E-state index in [9.17, 15) is 0 Å². The zero-order chi connectivity index (χ0) is 10.4. The molecule has 0 aliphatic heterocycles. The van der Waals surface area contributed by atoms with Gasteiger partial charge in [-0.05, 0) is 34.7 Å². The summed E-state index contributed by atoms with van der Waals surface area (Å²) in [4.78, 5) is 0. The fraction of sp³-hybridized carbons (Fsp3) is 0.636. The number of rotatable bonds is 6. The average Bonchev–Trinajstić information content (AvgIpc) is 2.64. The van der Waals surface area contributed by atoms with Crippen molar-refractivity contribution in [2.24, 2.45) is 11.7 Å². The van der Waals surface area contributed by atoms with E-state index in [-0.39, 0.29) is 6.10 Å². The van der Waals surface area contributed by atoms with E-state index in [1.807, 2.05) is 0 Å². The van der Waals surface area contributed by atoms with Crippen LogP contribution in [0.25, 0.3) is 0 Å². The lowest BCUT2D eigenvalue weighted by atomic mass is 10.1. The summed E-state index contributed by atoms with van der Waals surface area (Å²) in [6.07, 6.45) is 1.18. The molecule has 1 rings (SSSR count). The number of ether oxygens (including phenoxy) is 1. The van der Waals surface area contributed by atoms with Gasteiger partial charge in [0.1, 0.15) is 0 Å². The summed E-state index contributed by atoms with van der Waals surface area (Å²) in [5, 5.41) is 4.16.